The Bertz CT molecular complexity index is 478. The predicted octanol–water partition coefficient (Wildman–Crippen LogP) is 1.89. The van der Waals surface area contributed by atoms with E-state index in [0.717, 1.165) is 24.1 Å². The Morgan fingerprint density at radius 2 is 2.21 bits per heavy atom. The Labute approximate surface area is 118 Å². The first kappa shape index (κ1) is 14.2. The molecule has 1 aliphatic heterocycles. The summed E-state index contributed by atoms with van der Waals surface area (Å²) in [4.78, 5) is 13.6. The van der Waals surface area contributed by atoms with Crippen molar-refractivity contribution in [2.45, 2.75) is 32.4 Å². The van der Waals surface area contributed by atoms with Gasteiger partial charge in [0.15, 0.2) is 0 Å². The molecule has 0 bridgehead atoms. The van der Waals surface area contributed by atoms with Crippen molar-refractivity contribution in [1.29, 1.82) is 0 Å². The van der Waals surface area contributed by atoms with Gasteiger partial charge in [0.25, 0.3) is 0 Å². The smallest absolute Gasteiger partial charge is 0.222 e. The summed E-state index contributed by atoms with van der Waals surface area (Å²) < 4.78 is 0. The molecule has 1 aliphatic rings. The lowest BCUT2D eigenvalue weighted by molar-refractivity contribution is -0.122. The highest BCUT2D eigenvalue weighted by Crippen LogP contribution is 2.31. The average Bonchev–Trinajstić information content (AvgIpc) is 2.39. The van der Waals surface area contributed by atoms with Gasteiger partial charge < -0.3 is 16.4 Å². The van der Waals surface area contributed by atoms with Crippen molar-refractivity contribution in [2.24, 2.45) is 17.4 Å². The first-order chi connectivity index (χ1) is 9.02. The molecule has 1 aromatic carbocycles. The number of rotatable bonds is 3. The van der Waals surface area contributed by atoms with Crippen LogP contribution in [0.3, 0.4) is 0 Å². The lowest BCUT2D eigenvalue weighted by atomic mass is 9.92. The number of amides is 1. The van der Waals surface area contributed by atoms with E-state index >= 15 is 0 Å². The van der Waals surface area contributed by atoms with Gasteiger partial charge in [-0.2, -0.15) is 0 Å². The topological polar surface area (TPSA) is 72.4 Å². The Morgan fingerprint density at radius 1 is 1.47 bits per heavy atom. The van der Waals surface area contributed by atoms with E-state index in [1.165, 1.54) is 0 Å². The summed E-state index contributed by atoms with van der Waals surface area (Å²) in [6.07, 6.45) is 1.82. The maximum Gasteiger partial charge on any atom is 0.222 e. The van der Waals surface area contributed by atoms with Crippen LogP contribution < -0.4 is 16.4 Å². The van der Waals surface area contributed by atoms with Crippen molar-refractivity contribution in [1.82, 2.24) is 0 Å². The third-order valence-corrected chi connectivity index (χ3v) is 4.09. The van der Waals surface area contributed by atoms with Crippen LogP contribution in [0.25, 0.3) is 0 Å². The van der Waals surface area contributed by atoms with Gasteiger partial charge in [0.1, 0.15) is 0 Å². The first-order valence-electron chi connectivity index (χ1n) is 6.57. The van der Waals surface area contributed by atoms with Gasteiger partial charge in [-0.3, -0.25) is 4.79 Å². The van der Waals surface area contributed by atoms with Crippen molar-refractivity contribution in [3.63, 3.8) is 0 Å². The molecule has 0 aliphatic carbocycles. The molecule has 2 atom stereocenters. The zero-order valence-electron chi connectivity index (χ0n) is 11.1. The molecule has 2 rings (SSSR count). The second-order valence-electron chi connectivity index (χ2n) is 5.16. The van der Waals surface area contributed by atoms with E-state index in [-0.39, 0.29) is 11.8 Å². The van der Waals surface area contributed by atoms with E-state index in [0.29, 0.717) is 24.2 Å². The summed E-state index contributed by atoms with van der Waals surface area (Å²) in [7, 11) is 0. The molecule has 4 N–H and O–H groups in total. The van der Waals surface area contributed by atoms with E-state index in [1.807, 2.05) is 18.2 Å². The minimum atomic E-state index is -0.222. The number of hydrogen-bond acceptors (Lipinski definition) is 3. The number of carbonyl (C=O) groups is 1. The highest BCUT2D eigenvalue weighted by atomic mass is 35.5. The van der Waals surface area contributed by atoms with Crippen LogP contribution in [0.1, 0.15) is 25.3 Å². The summed E-state index contributed by atoms with van der Waals surface area (Å²) in [6.45, 7) is 3.25. The van der Waals surface area contributed by atoms with Gasteiger partial charge in [-0.15, -0.1) is 0 Å². The molecular weight excluding hydrogens is 262 g/mol. The van der Waals surface area contributed by atoms with Gasteiger partial charge in [0.05, 0.1) is 5.92 Å². The van der Waals surface area contributed by atoms with Crippen LogP contribution in [0.5, 0.6) is 0 Å². The fraction of sp³-hybridized carbons (Fsp3) is 0.500. The van der Waals surface area contributed by atoms with Crippen molar-refractivity contribution < 1.29 is 4.79 Å². The quantitative estimate of drug-likeness (QED) is 0.889. The number of primary amides is 1. The molecule has 19 heavy (non-hydrogen) atoms. The summed E-state index contributed by atoms with van der Waals surface area (Å²) in [6, 6.07) is 6.10. The minimum absolute atomic E-state index is 0.0856. The van der Waals surface area contributed by atoms with Gasteiger partial charge in [-0.05, 0) is 43.5 Å². The van der Waals surface area contributed by atoms with Crippen molar-refractivity contribution in [2.75, 3.05) is 11.4 Å². The average molecular weight is 282 g/mol. The standard InChI is InChI=1S/C14H20ClN3O/c1-9-2-3-10(14(17)19)8-18(9)13-5-4-12(15)6-11(13)7-16/h4-6,9-10H,2-3,7-8,16H2,1H3,(H2,17,19). The van der Waals surface area contributed by atoms with Gasteiger partial charge in [0, 0.05) is 29.8 Å². The molecule has 1 aromatic rings. The Morgan fingerprint density at radius 3 is 2.84 bits per heavy atom. The predicted molar refractivity (Wildman–Crippen MR) is 78.1 cm³/mol. The summed E-state index contributed by atoms with van der Waals surface area (Å²) in [5, 5.41) is 0.681. The Kier molecular flexibility index (Phi) is 4.32. The molecule has 4 nitrogen and oxygen atoms in total. The second-order valence-corrected chi connectivity index (χ2v) is 5.59. The van der Waals surface area contributed by atoms with Gasteiger partial charge in [-0.25, -0.2) is 0 Å². The van der Waals surface area contributed by atoms with Crippen LogP contribution in [0.4, 0.5) is 5.69 Å². The van der Waals surface area contributed by atoms with Crippen LogP contribution in [-0.2, 0) is 11.3 Å². The largest absolute Gasteiger partial charge is 0.369 e. The zero-order chi connectivity index (χ0) is 14.0. The SMILES string of the molecule is CC1CCC(C(N)=O)CN1c1ccc(Cl)cc1CN. The van der Waals surface area contributed by atoms with Crippen molar-refractivity contribution in [3.8, 4) is 0 Å². The van der Waals surface area contributed by atoms with Gasteiger partial charge >= 0.3 is 0 Å². The van der Waals surface area contributed by atoms with E-state index < -0.39 is 0 Å². The molecule has 104 valence electrons. The summed E-state index contributed by atoms with van der Waals surface area (Å²) in [5.74, 6) is -0.308. The maximum atomic E-state index is 11.4. The second kappa shape index (κ2) is 5.80. The van der Waals surface area contributed by atoms with Crippen LogP contribution in [0.15, 0.2) is 18.2 Å². The molecular formula is C14H20ClN3O. The number of nitrogens with two attached hydrogens (primary N) is 2. The molecule has 1 fully saturated rings. The summed E-state index contributed by atoms with van der Waals surface area (Å²) in [5.41, 5.74) is 13.3. The van der Waals surface area contributed by atoms with Crippen molar-refractivity contribution >= 4 is 23.2 Å². The lowest BCUT2D eigenvalue weighted by Gasteiger charge is -2.39. The first-order valence-corrected chi connectivity index (χ1v) is 6.95. The Balaban J connectivity index is 2.30. The van der Waals surface area contributed by atoms with Crippen molar-refractivity contribution in [3.05, 3.63) is 28.8 Å². The third kappa shape index (κ3) is 3.01. The number of piperidine rings is 1. The van der Waals surface area contributed by atoms with E-state index in [2.05, 4.69) is 11.8 Å². The molecule has 1 saturated heterocycles. The molecule has 1 heterocycles. The fourth-order valence-electron chi connectivity index (χ4n) is 2.67. The molecule has 2 unspecified atom stereocenters. The Hall–Kier alpha value is -1.26. The molecule has 0 radical (unpaired) electrons. The number of carbonyl (C=O) groups excluding carboxylic acids is 1. The molecule has 5 heteroatoms. The van der Waals surface area contributed by atoms with E-state index in [9.17, 15) is 4.79 Å². The molecule has 0 saturated carbocycles. The maximum absolute atomic E-state index is 11.4. The highest BCUT2D eigenvalue weighted by molar-refractivity contribution is 6.30. The number of hydrogen-bond donors (Lipinski definition) is 2. The molecule has 0 aromatic heterocycles. The highest BCUT2D eigenvalue weighted by Gasteiger charge is 2.29. The van der Waals surface area contributed by atoms with Crippen LogP contribution in [0.2, 0.25) is 5.02 Å². The number of anilines is 1. The normalized spacial score (nSPS) is 23.4. The van der Waals surface area contributed by atoms with Gasteiger partial charge in [-0.1, -0.05) is 11.6 Å². The lowest BCUT2D eigenvalue weighted by Crippen LogP contribution is -2.46. The number of benzene rings is 1. The summed E-state index contributed by atoms with van der Waals surface area (Å²) >= 11 is 6.00. The number of halogens is 1. The van der Waals surface area contributed by atoms with Crippen LogP contribution in [-0.4, -0.2) is 18.5 Å². The number of nitrogens with zero attached hydrogens (tertiary/aromatic N) is 1. The monoisotopic (exact) mass is 281 g/mol. The van der Waals surface area contributed by atoms with Gasteiger partial charge in [0.2, 0.25) is 5.91 Å². The minimum Gasteiger partial charge on any atom is -0.369 e. The van der Waals surface area contributed by atoms with E-state index in [4.69, 9.17) is 23.1 Å². The molecule has 0 spiro atoms. The van der Waals surface area contributed by atoms with Crippen LogP contribution >= 0.6 is 11.6 Å². The third-order valence-electron chi connectivity index (χ3n) is 3.86. The van der Waals surface area contributed by atoms with Crippen LogP contribution in [0, 0.1) is 5.92 Å². The fourth-order valence-corrected chi connectivity index (χ4v) is 2.87. The zero-order valence-corrected chi connectivity index (χ0v) is 11.9. The van der Waals surface area contributed by atoms with E-state index in [1.54, 1.807) is 0 Å². The molecule has 1 amide bonds.